The molecule has 0 fully saturated rings. The molecule has 0 unspecified atom stereocenters. The molecule has 0 atom stereocenters. The minimum absolute atomic E-state index is 1.09. The molecule has 2 nitrogen and oxygen atoms in total. The van der Waals surface area contributed by atoms with Gasteiger partial charge in [-0.1, -0.05) is 26.2 Å². The number of hydrogen-bond donors (Lipinski definition) is 0. The Kier molecular flexibility index (Phi) is 4.35. The zero-order valence-electron chi connectivity index (χ0n) is 7.58. The van der Waals surface area contributed by atoms with E-state index in [1.807, 2.05) is 6.07 Å². The summed E-state index contributed by atoms with van der Waals surface area (Å²) >= 11 is 0. The summed E-state index contributed by atoms with van der Waals surface area (Å²) in [4.78, 5) is 0. The van der Waals surface area contributed by atoms with Crippen LogP contribution in [0.1, 0.15) is 38.2 Å². The van der Waals surface area contributed by atoms with Crippen molar-refractivity contribution in [2.75, 3.05) is 0 Å². The summed E-state index contributed by atoms with van der Waals surface area (Å²) < 4.78 is 0. The highest BCUT2D eigenvalue weighted by Gasteiger charge is 1.92. The molecule has 0 aliphatic carbocycles. The second-order valence-electron chi connectivity index (χ2n) is 2.98. The molecule has 12 heavy (non-hydrogen) atoms. The van der Waals surface area contributed by atoms with Crippen LogP contribution in [-0.4, -0.2) is 10.2 Å². The van der Waals surface area contributed by atoms with E-state index in [1.54, 1.807) is 6.20 Å². The third-order valence-corrected chi connectivity index (χ3v) is 1.89. The van der Waals surface area contributed by atoms with Gasteiger partial charge in [-0.25, -0.2) is 0 Å². The van der Waals surface area contributed by atoms with E-state index in [1.165, 1.54) is 31.2 Å². The van der Waals surface area contributed by atoms with E-state index in [9.17, 15) is 0 Å². The van der Waals surface area contributed by atoms with Gasteiger partial charge in [-0.15, -0.1) is 5.10 Å². The van der Waals surface area contributed by atoms with Gasteiger partial charge < -0.3 is 0 Å². The molecular weight excluding hydrogens is 148 g/mol. The van der Waals surface area contributed by atoms with Crippen LogP contribution < -0.4 is 0 Å². The molecule has 0 aliphatic rings. The van der Waals surface area contributed by atoms with Crippen molar-refractivity contribution in [1.29, 1.82) is 0 Å². The Morgan fingerprint density at radius 2 is 2.25 bits per heavy atom. The molecule has 0 aromatic carbocycles. The number of rotatable bonds is 5. The third-order valence-electron chi connectivity index (χ3n) is 1.89. The van der Waals surface area contributed by atoms with E-state index >= 15 is 0 Å². The lowest BCUT2D eigenvalue weighted by molar-refractivity contribution is 0.664. The van der Waals surface area contributed by atoms with Gasteiger partial charge in [0.1, 0.15) is 6.20 Å². The van der Waals surface area contributed by atoms with Gasteiger partial charge in [-0.05, 0) is 24.5 Å². The fraction of sp³-hybridized carbons (Fsp3) is 0.600. The van der Waals surface area contributed by atoms with Crippen molar-refractivity contribution in [2.45, 2.75) is 39.0 Å². The monoisotopic (exact) mass is 163 g/mol. The smallest absolute Gasteiger partial charge is 0.117 e. The first-order valence-corrected chi connectivity index (χ1v) is 4.61. The normalized spacial score (nSPS) is 10.1. The zero-order valence-corrected chi connectivity index (χ0v) is 7.58. The Balaban J connectivity index is 2.16. The van der Waals surface area contributed by atoms with Crippen molar-refractivity contribution >= 4 is 0 Å². The summed E-state index contributed by atoms with van der Waals surface area (Å²) in [6, 6.07) is 1.99. The SMILES string of the molecule is CCCCCCc1[c]nncc1. The number of nitrogens with zero attached hydrogens (tertiary/aromatic N) is 2. The fourth-order valence-electron chi connectivity index (χ4n) is 1.17. The molecule has 0 spiro atoms. The molecule has 65 valence electrons. The standard InChI is InChI=1S/C10H15N2/c1-2-3-4-5-6-10-7-8-11-12-9-10/h7-8H,2-6H2,1H3. The average molecular weight is 163 g/mol. The summed E-state index contributed by atoms with van der Waals surface area (Å²) in [5.41, 5.74) is 1.18. The molecule has 2 heteroatoms. The molecule has 0 amide bonds. The van der Waals surface area contributed by atoms with Crippen LogP contribution in [0.5, 0.6) is 0 Å². The van der Waals surface area contributed by atoms with E-state index in [0.29, 0.717) is 0 Å². The maximum atomic E-state index is 3.71. The van der Waals surface area contributed by atoms with Crippen LogP contribution in [0.25, 0.3) is 0 Å². The summed E-state index contributed by atoms with van der Waals surface area (Å²) in [5.74, 6) is 0. The molecule has 0 saturated heterocycles. The molecule has 1 heterocycles. The van der Waals surface area contributed by atoms with Crippen molar-refractivity contribution in [3.05, 3.63) is 24.0 Å². The average Bonchev–Trinajstić information content (AvgIpc) is 2.14. The number of hydrogen-bond acceptors (Lipinski definition) is 2. The van der Waals surface area contributed by atoms with E-state index < -0.39 is 0 Å². The van der Waals surface area contributed by atoms with Crippen molar-refractivity contribution in [1.82, 2.24) is 10.2 Å². The van der Waals surface area contributed by atoms with Gasteiger partial charge in [0.2, 0.25) is 0 Å². The first-order chi connectivity index (χ1) is 5.93. The number of aromatic nitrogens is 2. The van der Waals surface area contributed by atoms with Crippen LogP contribution in [0, 0.1) is 6.20 Å². The highest BCUT2D eigenvalue weighted by Crippen LogP contribution is 2.04. The maximum absolute atomic E-state index is 3.71. The van der Waals surface area contributed by atoms with Crippen LogP contribution in [0.15, 0.2) is 12.3 Å². The zero-order chi connectivity index (χ0) is 8.65. The largest absolute Gasteiger partial charge is 0.158 e. The Morgan fingerprint density at radius 3 is 2.92 bits per heavy atom. The topological polar surface area (TPSA) is 25.8 Å². The lowest BCUT2D eigenvalue weighted by Crippen LogP contribution is -1.88. The van der Waals surface area contributed by atoms with Gasteiger partial charge in [-0.3, -0.25) is 0 Å². The van der Waals surface area contributed by atoms with Crippen LogP contribution in [0.2, 0.25) is 0 Å². The predicted octanol–water partition coefficient (Wildman–Crippen LogP) is 2.40. The highest BCUT2D eigenvalue weighted by atomic mass is 15.1. The summed E-state index contributed by atoms with van der Waals surface area (Å²) in [7, 11) is 0. The maximum Gasteiger partial charge on any atom is 0.117 e. The van der Waals surface area contributed by atoms with Crippen LogP contribution in [-0.2, 0) is 6.42 Å². The molecular formula is C10H15N2. The minimum atomic E-state index is 1.09. The van der Waals surface area contributed by atoms with Gasteiger partial charge in [0.15, 0.2) is 0 Å². The fourth-order valence-corrected chi connectivity index (χ4v) is 1.17. The molecule has 1 aromatic rings. The quantitative estimate of drug-likeness (QED) is 0.623. The first-order valence-electron chi connectivity index (χ1n) is 4.61. The Morgan fingerprint density at radius 1 is 1.33 bits per heavy atom. The molecule has 0 bridgehead atoms. The van der Waals surface area contributed by atoms with Crippen LogP contribution in [0.4, 0.5) is 0 Å². The van der Waals surface area contributed by atoms with E-state index in [4.69, 9.17) is 0 Å². The third kappa shape index (κ3) is 3.46. The Hall–Kier alpha value is -0.920. The summed E-state index contributed by atoms with van der Waals surface area (Å²) in [6.07, 6.45) is 10.9. The molecule has 0 saturated carbocycles. The van der Waals surface area contributed by atoms with E-state index in [-0.39, 0.29) is 0 Å². The Labute approximate surface area is 74.0 Å². The summed E-state index contributed by atoms with van der Waals surface area (Å²) in [6.45, 7) is 2.22. The lowest BCUT2D eigenvalue weighted by atomic mass is 10.1. The van der Waals surface area contributed by atoms with E-state index in [0.717, 1.165) is 6.42 Å². The predicted molar refractivity (Wildman–Crippen MR) is 48.7 cm³/mol. The number of unbranched alkanes of at least 4 members (excludes halogenated alkanes) is 3. The number of aryl methyl sites for hydroxylation is 1. The van der Waals surface area contributed by atoms with Gasteiger partial charge in [0, 0.05) is 6.20 Å². The van der Waals surface area contributed by atoms with Gasteiger partial charge in [-0.2, -0.15) is 5.10 Å². The first kappa shape index (κ1) is 9.17. The van der Waals surface area contributed by atoms with E-state index in [2.05, 4.69) is 23.3 Å². The van der Waals surface area contributed by atoms with Crippen LogP contribution in [0.3, 0.4) is 0 Å². The van der Waals surface area contributed by atoms with Gasteiger partial charge in [0.05, 0.1) is 0 Å². The molecule has 1 aromatic heterocycles. The summed E-state index contributed by atoms with van der Waals surface area (Å²) in [5, 5.41) is 7.39. The molecule has 1 radical (unpaired) electrons. The van der Waals surface area contributed by atoms with Gasteiger partial charge in [0.25, 0.3) is 0 Å². The molecule has 1 rings (SSSR count). The molecule has 0 N–H and O–H groups in total. The van der Waals surface area contributed by atoms with Gasteiger partial charge >= 0.3 is 0 Å². The van der Waals surface area contributed by atoms with Crippen molar-refractivity contribution in [2.24, 2.45) is 0 Å². The van der Waals surface area contributed by atoms with Crippen molar-refractivity contribution in [3.63, 3.8) is 0 Å². The molecule has 0 aliphatic heterocycles. The minimum Gasteiger partial charge on any atom is -0.158 e. The Bertz CT molecular complexity index is 196. The highest BCUT2D eigenvalue weighted by molar-refractivity contribution is 5.03. The van der Waals surface area contributed by atoms with Crippen molar-refractivity contribution in [3.8, 4) is 0 Å². The lowest BCUT2D eigenvalue weighted by Gasteiger charge is -1.97. The second kappa shape index (κ2) is 5.70. The van der Waals surface area contributed by atoms with Crippen molar-refractivity contribution < 1.29 is 0 Å². The second-order valence-corrected chi connectivity index (χ2v) is 2.98. The van der Waals surface area contributed by atoms with Crippen LogP contribution >= 0.6 is 0 Å².